The molecule has 2 aromatic carbocycles. The Balaban J connectivity index is 2.14. The molecular formula is C20H25N3O2. The monoisotopic (exact) mass is 339 g/mol. The average molecular weight is 339 g/mol. The van der Waals surface area contributed by atoms with Crippen LogP contribution in [0.4, 0.5) is 5.69 Å². The Kier molecular flexibility index (Phi) is 6.86. The molecule has 2 N–H and O–H groups in total. The van der Waals surface area contributed by atoms with Crippen LogP contribution in [0.1, 0.15) is 28.9 Å². The summed E-state index contributed by atoms with van der Waals surface area (Å²) in [7, 11) is 3.99. The maximum atomic E-state index is 12.8. The molecule has 0 saturated carbocycles. The van der Waals surface area contributed by atoms with E-state index in [4.69, 9.17) is 0 Å². The maximum absolute atomic E-state index is 12.8. The molecule has 132 valence electrons. The largest absolute Gasteiger partial charge is 0.324 e. The molecule has 0 fully saturated rings. The fraction of sp³-hybridized carbons (Fsp3) is 0.300. The topological polar surface area (TPSA) is 61.4 Å². The van der Waals surface area contributed by atoms with Crippen LogP contribution in [0.5, 0.6) is 0 Å². The molecule has 0 unspecified atom stereocenters. The lowest BCUT2D eigenvalue weighted by Gasteiger charge is -2.20. The quantitative estimate of drug-likeness (QED) is 0.726. The van der Waals surface area contributed by atoms with Gasteiger partial charge in [0.1, 0.15) is 6.04 Å². The first-order valence-electron chi connectivity index (χ1n) is 8.32. The van der Waals surface area contributed by atoms with E-state index in [0.717, 1.165) is 12.1 Å². The predicted molar refractivity (Wildman–Crippen MR) is 101 cm³/mol. The Morgan fingerprint density at radius 2 is 1.76 bits per heavy atom. The average Bonchev–Trinajstić information content (AvgIpc) is 2.59. The zero-order valence-electron chi connectivity index (χ0n) is 15.0. The van der Waals surface area contributed by atoms with Gasteiger partial charge in [0, 0.05) is 24.3 Å². The van der Waals surface area contributed by atoms with Gasteiger partial charge >= 0.3 is 0 Å². The summed E-state index contributed by atoms with van der Waals surface area (Å²) in [6.07, 6.45) is 0. The minimum absolute atomic E-state index is 0.0279. The van der Waals surface area contributed by atoms with Crippen LogP contribution >= 0.6 is 0 Å². The second kappa shape index (κ2) is 9.11. The smallest absolute Gasteiger partial charge is 0.246 e. The zero-order chi connectivity index (χ0) is 18.2. The van der Waals surface area contributed by atoms with Crippen LogP contribution in [0.2, 0.25) is 0 Å². The first-order valence-corrected chi connectivity index (χ1v) is 8.32. The molecule has 0 aliphatic carbocycles. The Morgan fingerprint density at radius 3 is 2.40 bits per heavy atom. The fourth-order valence-corrected chi connectivity index (χ4v) is 2.47. The standard InChI is InChI=1S/C20H25N3O2/c1-15(24)17-10-7-11-18(14-17)22-20(25)19(21-12-13-23(2)3)16-8-5-4-6-9-16/h4-11,14,19,21H,12-13H2,1-3H3,(H,22,25)/t19-/m0/s1. The van der Waals surface area contributed by atoms with Crippen molar-refractivity contribution in [2.45, 2.75) is 13.0 Å². The van der Waals surface area contributed by atoms with Crippen molar-refractivity contribution in [1.29, 1.82) is 0 Å². The molecule has 0 aromatic heterocycles. The fourth-order valence-electron chi connectivity index (χ4n) is 2.47. The van der Waals surface area contributed by atoms with Crippen LogP contribution in [0.3, 0.4) is 0 Å². The lowest BCUT2D eigenvalue weighted by Crippen LogP contribution is -2.36. The first kappa shape index (κ1) is 18.8. The molecule has 2 rings (SSSR count). The second-order valence-electron chi connectivity index (χ2n) is 6.23. The van der Waals surface area contributed by atoms with Gasteiger partial charge < -0.3 is 15.5 Å². The second-order valence-corrected chi connectivity index (χ2v) is 6.23. The zero-order valence-corrected chi connectivity index (χ0v) is 15.0. The molecule has 25 heavy (non-hydrogen) atoms. The van der Waals surface area contributed by atoms with Crippen molar-refractivity contribution in [2.24, 2.45) is 0 Å². The van der Waals surface area contributed by atoms with E-state index in [2.05, 4.69) is 15.5 Å². The first-order chi connectivity index (χ1) is 12.0. The Labute approximate surface area is 149 Å². The van der Waals surface area contributed by atoms with Crippen LogP contribution < -0.4 is 10.6 Å². The number of nitrogens with zero attached hydrogens (tertiary/aromatic N) is 1. The lowest BCUT2D eigenvalue weighted by atomic mass is 10.1. The molecule has 1 amide bonds. The Bertz CT molecular complexity index is 714. The number of hydrogen-bond donors (Lipinski definition) is 2. The normalized spacial score (nSPS) is 12.0. The number of Topliss-reactive ketones (excluding diaryl/α,β-unsaturated/α-hetero) is 1. The van der Waals surface area contributed by atoms with E-state index < -0.39 is 6.04 Å². The summed E-state index contributed by atoms with van der Waals surface area (Å²) in [5.74, 6) is -0.175. The number of carbonyl (C=O) groups excluding carboxylic acids is 2. The van der Waals surface area contributed by atoms with Gasteiger partial charge in [-0.3, -0.25) is 9.59 Å². The molecular weight excluding hydrogens is 314 g/mol. The van der Waals surface area contributed by atoms with Crippen LogP contribution in [-0.2, 0) is 4.79 Å². The highest BCUT2D eigenvalue weighted by molar-refractivity contribution is 5.98. The Hall–Kier alpha value is -2.50. The summed E-state index contributed by atoms with van der Waals surface area (Å²) in [6, 6.07) is 16.1. The van der Waals surface area contributed by atoms with Crippen LogP contribution in [0.15, 0.2) is 54.6 Å². The van der Waals surface area contributed by atoms with Crippen molar-refractivity contribution < 1.29 is 9.59 Å². The molecule has 0 heterocycles. The van der Waals surface area contributed by atoms with E-state index in [9.17, 15) is 9.59 Å². The summed E-state index contributed by atoms with van der Waals surface area (Å²) in [5.41, 5.74) is 2.10. The molecule has 1 atom stereocenters. The van der Waals surface area contributed by atoms with Crippen molar-refractivity contribution in [2.75, 3.05) is 32.5 Å². The summed E-state index contributed by atoms with van der Waals surface area (Å²) in [6.45, 7) is 3.03. The van der Waals surface area contributed by atoms with Gasteiger partial charge in [0.15, 0.2) is 5.78 Å². The van der Waals surface area contributed by atoms with Crippen LogP contribution in [0, 0.1) is 0 Å². The van der Waals surface area contributed by atoms with Gasteiger partial charge in [-0.2, -0.15) is 0 Å². The van der Waals surface area contributed by atoms with E-state index in [1.807, 2.05) is 44.4 Å². The van der Waals surface area contributed by atoms with Crippen LogP contribution in [-0.4, -0.2) is 43.8 Å². The predicted octanol–water partition coefficient (Wildman–Crippen LogP) is 2.72. The Morgan fingerprint density at radius 1 is 1.04 bits per heavy atom. The minimum Gasteiger partial charge on any atom is -0.324 e. The van der Waals surface area contributed by atoms with Crippen molar-refractivity contribution in [3.05, 3.63) is 65.7 Å². The molecule has 0 aliphatic rings. The molecule has 2 aromatic rings. The number of hydrogen-bond acceptors (Lipinski definition) is 4. The van der Waals surface area contributed by atoms with Gasteiger partial charge in [-0.25, -0.2) is 0 Å². The van der Waals surface area contributed by atoms with Gasteiger partial charge in [-0.05, 0) is 38.7 Å². The maximum Gasteiger partial charge on any atom is 0.246 e. The summed E-state index contributed by atoms with van der Waals surface area (Å²) in [4.78, 5) is 26.4. The van der Waals surface area contributed by atoms with Crippen molar-refractivity contribution >= 4 is 17.4 Å². The number of rotatable bonds is 8. The summed E-state index contributed by atoms with van der Waals surface area (Å²) >= 11 is 0. The number of carbonyl (C=O) groups is 2. The highest BCUT2D eigenvalue weighted by atomic mass is 16.2. The number of amides is 1. The van der Waals surface area contributed by atoms with Crippen molar-refractivity contribution in [3.8, 4) is 0 Å². The summed E-state index contributed by atoms with van der Waals surface area (Å²) < 4.78 is 0. The molecule has 0 radical (unpaired) electrons. The number of ketones is 1. The highest BCUT2D eigenvalue weighted by Gasteiger charge is 2.20. The van der Waals surface area contributed by atoms with Gasteiger partial charge in [0.2, 0.25) is 5.91 Å². The van der Waals surface area contributed by atoms with E-state index in [1.54, 1.807) is 24.3 Å². The summed E-state index contributed by atoms with van der Waals surface area (Å²) in [5, 5.41) is 6.21. The molecule has 0 spiro atoms. The number of anilines is 1. The number of likely N-dealkylation sites (N-methyl/N-ethyl adjacent to an activating group) is 1. The minimum atomic E-state index is -0.456. The van der Waals surface area contributed by atoms with Gasteiger partial charge in [-0.1, -0.05) is 42.5 Å². The van der Waals surface area contributed by atoms with E-state index in [-0.39, 0.29) is 11.7 Å². The lowest BCUT2D eigenvalue weighted by molar-refractivity contribution is -0.118. The third kappa shape index (κ3) is 5.81. The van der Waals surface area contributed by atoms with Crippen molar-refractivity contribution in [1.82, 2.24) is 10.2 Å². The van der Waals surface area contributed by atoms with Crippen LogP contribution in [0.25, 0.3) is 0 Å². The van der Waals surface area contributed by atoms with E-state index in [0.29, 0.717) is 17.8 Å². The third-order valence-electron chi connectivity index (χ3n) is 3.84. The third-order valence-corrected chi connectivity index (χ3v) is 3.84. The van der Waals surface area contributed by atoms with Crippen molar-refractivity contribution in [3.63, 3.8) is 0 Å². The molecule has 0 aliphatic heterocycles. The van der Waals surface area contributed by atoms with Gasteiger partial charge in [0.25, 0.3) is 0 Å². The number of benzene rings is 2. The van der Waals surface area contributed by atoms with Gasteiger partial charge in [-0.15, -0.1) is 0 Å². The van der Waals surface area contributed by atoms with E-state index in [1.165, 1.54) is 6.92 Å². The number of nitrogens with one attached hydrogen (secondary N) is 2. The van der Waals surface area contributed by atoms with Gasteiger partial charge in [0.05, 0.1) is 0 Å². The molecule has 0 saturated heterocycles. The molecule has 5 nitrogen and oxygen atoms in total. The molecule has 0 bridgehead atoms. The van der Waals surface area contributed by atoms with E-state index >= 15 is 0 Å². The SMILES string of the molecule is CC(=O)c1cccc(NC(=O)[C@@H](NCCN(C)C)c2ccccc2)c1. The molecule has 5 heteroatoms. The highest BCUT2D eigenvalue weighted by Crippen LogP contribution is 2.17.